The molecular formula is C19H21N3O3. The van der Waals surface area contributed by atoms with Crippen LogP contribution < -0.4 is 25.4 Å². The first-order valence-electron chi connectivity index (χ1n) is 8.37. The minimum Gasteiger partial charge on any atom is -0.497 e. The molecule has 4 rings (SSSR count). The number of benzene rings is 2. The van der Waals surface area contributed by atoms with Gasteiger partial charge in [0.25, 0.3) is 0 Å². The van der Waals surface area contributed by atoms with Crippen molar-refractivity contribution in [3.05, 3.63) is 47.5 Å². The predicted molar refractivity (Wildman–Crippen MR) is 96.5 cm³/mol. The van der Waals surface area contributed by atoms with Gasteiger partial charge in [-0.15, -0.1) is 0 Å². The van der Waals surface area contributed by atoms with Crippen molar-refractivity contribution in [2.45, 2.75) is 24.9 Å². The Balaban J connectivity index is 1.47. The number of rotatable bonds is 4. The van der Waals surface area contributed by atoms with Gasteiger partial charge in [-0.05, 0) is 36.1 Å². The maximum Gasteiger partial charge on any atom is 0.323 e. The molecule has 2 aromatic rings. The van der Waals surface area contributed by atoms with Gasteiger partial charge in [0.2, 0.25) is 0 Å². The summed E-state index contributed by atoms with van der Waals surface area (Å²) >= 11 is 0. The number of carbonyl (C=O) groups is 1. The fraction of sp³-hybridized carbons (Fsp3) is 0.316. The van der Waals surface area contributed by atoms with Gasteiger partial charge in [0, 0.05) is 41.7 Å². The summed E-state index contributed by atoms with van der Waals surface area (Å²) < 4.78 is 10.4. The van der Waals surface area contributed by atoms with E-state index in [4.69, 9.17) is 9.47 Å². The molecule has 2 unspecified atom stereocenters. The monoisotopic (exact) mass is 339 g/mol. The van der Waals surface area contributed by atoms with Crippen LogP contribution in [0.4, 0.5) is 16.2 Å². The first-order valence-corrected chi connectivity index (χ1v) is 8.37. The second-order valence-electron chi connectivity index (χ2n) is 6.37. The Labute approximate surface area is 146 Å². The van der Waals surface area contributed by atoms with Crippen LogP contribution in [0.1, 0.15) is 36.1 Å². The van der Waals surface area contributed by atoms with Gasteiger partial charge in [0.1, 0.15) is 11.5 Å². The fourth-order valence-corrected chi connectivity index (χ4v) is 3.68. The number of ether oxygens (including phenoxy) is 2. The summed E-state index contributed by atoms with van der Waals surface area (Å²) in [6, 6.07) is 12.0. The van der Waals surface area contributed by atoms with Crippen LogP contribution in [0.25, 0.3) is 0 Å². The molecule has 2 aromatic carbocycles. The Morgan fingerprint density at radius 1 is 0.920 bits per heavy atom. The van der Waals surface area contributed by atoms with Gasteiger partial charge in [-0.2, -0.15) is 0 Å². The number of urea groups is 1. The minimum atomic E-state index is -0.300. The van der Waals surface area contributed by atoms with E-state index in [1.807, 2.05) is 6.07 Å². The average molecular weight is 339 g/mol. The highest BCUT2D eigenvalue weighted by atomic mass is 16.5. The number of carbonyl (C=O) groups excluding carboxylic acids is 1. The molecule has 0 radical (unpaired) electrons. The summed E-state index contributed by atoms with van der Waals surface area (Å²) in [6.07, 6.45) is 2.36. The highest BCUT2D eigenvalue weighted by Gasteiger charge is 2.36. The summed E-state index contributed by atoms with van der Waals surface area (Å²) in [7, 11) is 3.15. The van der Waals surface area contributed by atoms with Crippen LogP contribution in [0.15, 0.2) is 36.4 Å². The van der Waals surface area contributed by atoms with Crippen molar-refractivity contribution in [1.29, 1.82) is 0 Å². The molecule has 0 saturated carbocycles. The van der Waals surface area contributed by atoms with E-state index in [9.17, 15) is 4.79 Å². The Kier molecular flexibility index (Phi) is 3.97. The van der Waals surface area contributed by atoms with E-state index in [1.54, 1.807) is 32.4 Å². The summed E-state index contributed by atoms with van der Waals surface area (Å²) in [4.78, 5) is 12.3. The number of amides is 2. The molecule has 0 aromatic heterocycles. The molecule has 0 spiro atoms. The van der Waals surface area contributed by atoms with Gasteiger partial charge in [-0.25, -0.2) is 4.79 Å². The lowest BCUT2D eigenvalue weighted by atomic mass is 9.91. The van der Waals surface area contributed by atoms with Gasteiger partial charge < -0.3 is 25.4 Å². The number of fused-ring (bicyclic) bond motifs is 5. The summed E-state index contributed by atoms with van der Waals surface area (Å²) in [5.41, 5.74) is 4.06. The maximum absolute atomic E-state index is 12.3. The van der Waals surface area contributed by atoms with Crippen LogP contribution in [0.5, 0.6) is 11.5 Å². The molecular weight excluding hydrogens is 318 g/mol. The van der Waals surface area contributed by atoms with Crippen molar-refractivity contribution < 1.29 is 14.3 Å². The van der Waals surface area contributed by atoms with E-state index in [2.05, 4.69) is 28.1 Å². The van der Waals surface area contributed by atoms with Crippen LogP contribution in [-0.2, 0) is 0 Å². The van der Waals surface area contributed by atoms with Gasteiger partial charge >= 0.3 is 6.03 Å². The topological polar surface area (TPSA) is 71.6 Å². The van der Waals surface area contributed by atoms with Crippen molar-refractivity contribution in [2.24, 2.45) is 0 Å². The second kappa shape index (κ2) is 6.29. The van der Waals surface area contributed by atoms with Crippen LogP contribution in [-0.4, -0.2) is 20.3 Å². The predicted octanol–water partition coefficient (Wildman–Crippen LogP) is 3.83. The largest absolute Gasteiger partial charge is 0.497 e. The van der Waals surface area contributed by atoms with Crippen LogP contribution in [0.3, 0.4) is 0 Å². The summed E-state index contributed by atoms with van der Waals surface area (Å²) in [5.74, 6) is 1.24. The molecule has 6 nitrogen and oxygen atoms in total. The molecule has 2 aliphatic heterocycles. The van der Waals surface area contributed by atoms with E-state index in [-0.39, 0.29) is 6.03 Å². The molecule has 2 amide bonds. The summed E-state index contributed by atoms with van der Waals surface area (Å²) in [6.45, 7) is 0. The highest BCUT2D eigenvalue weighted by molar-refractivity contribution is 6.00. The zero-order chi connectivity index (χ0) is 17.4. The van der Waals surface area contributed by atoms with E-state index < -0.39 is 0 Å². The number of nitrogens with one attached hydrogen (secondary N) is 3. The molecule has 2 atom stereocenters. The third-order valence-corrected chi connectivity index (χ3v) is 4.85. The molecule has 0 aliphatic carbocycles. The van der Waals surface area contributed by atoms with Crippen molar-refractivity contribution in [3.8, 4) is 11.5 Å². The van der Waals surface area contributed by atoms with E-state index in [0.29, 0.717) is 29.3 Å². The zero-order valence-corrected chi connectivity index (χ0v) is 14.3. The van der Waals surface area contributed by atoms with Crippen LogP contribution >= 0.6 is 0 Å². The molecule has 2 heterocycles. The normalized spacial score (nSPS) is 20.1. The Morgan fingerprint density at radius 2 is 1.56 bits per heavy atom. The Morgan fingerprint density at radius 3 is 2.24 bits per heavy atom. The van der Waals surface area contributed by atoms with E-state index in [0.717, 1.165) is 12.1 Å². The second-order valence-corrected chi connectivity index (χ2v) is 6.37. The Hall–Kier alpha value is -2.73. The SMILES string of the molecule is COc1cc(NC(=O)Nc2ccc3c(c2)C2CCC3N2)cc(OC)c1. The minimum absolute atomic E-state index is 0.300. The molecule has 2 aliphatic rings. The van der Waals surface area contributed by atoms with Crippen molar-refractivity contribution in [2.75, 3.05) is 24.9 Å². The van der Waals surface area contributed by atoms with Gasteiger partial charge in [0.15, 0.2) is 0 Å². The molecule has 25 heavy (non-hydrogen) atoms. The van der Waals surface area contributed by atoms with Crippen LogP contribution in [0.2, 0.25) is 0 Å². The number of hydrogen-bond acceptors (Lipinski definition) is 4. The molecule has 2 bridgehead atoms. The van der Waals surface area contributed by atoms with Crippen LogP contribution in [0, 0.1) is 0 Å². The molecule has 130 valence electrons. The lowest BCUT2D eigenvalue weighted by Crippen LogP contribution is -2.19. The van der Waals surface area contributed by atoms with Gasteiger partial charge in [0.05, 0.1) is 14.2 Å². The maximum atomic E-state index is 12.3. The standard InChI is InChI=1S/C19H21N3O3/c1-24-13-7-12(8-14(10-13)25-2)21-19(23)20-11-3-4-15-16(9-11)18-6-5-17(15)22-18/h3-4,7-10,17-18,22H,5-6H2,1-2H3,(H2,20,21,23). The number of methoxy groups -OCH3 is 2. The quantitative estimate of drug-likeness (QED) is 0.792. The third-order valence-electron chi connectivity index (χ3n) is 4.85. The van der Waals surface area contributed by atoms with Crippen molar-refractivity contribution in [1.82, 2.24) is 5.32 Å². The Bertz CT molecular complexity index is 799. The van der Waals surface area contributed by atoms with Gasteiger partial charge in [-0.3, -0.25) is 0 Å². The number of anilines is 2. The highest BCUT2D eigenvalue weighted by Crippen LogP contribution is 2.45. The molecule has 6 heteroatoms. The molecule has 1 saturated heterocycles. The lowest BCUT2D eigenvalue weighted by molar-refractivity contribution is 0.262. The van der Waals surface area contributed by atoms with Crippen molar-refractivity contribution in [3.63, 3.8) is 0 Å². The van der Waals surface area contributed by atoms with Gasteiger partial charge in [-0.1, -0.05) is 6.07 Å². The third kappa shape index (κ3) is 3.00. The average Bonchev–Trinajstić information content (AvgIpc) is 3.23. The molecule has 3 N–H and O–H groups in total. The van der Waals surface area contributed by atoms with Crippen molar-refractivity contribution >= 4 is 17.4 Å². The van der Waals surface area contributed by atoms with E-state index in [1.165, 1.54) is 17.5 Å². The summed E-state index contributed by atoms with van der Waals surface area (Å²) in [5, 5.41) is 9.29. The smallest absolute Gasteiger partial charge is 0.323 e. The molecule has 1 fully saturated rings. The fourth-order valence-electron chi connectivity index (χ4n) is 3.68. The zero-order valence-electron chi connectivity index (χ0n) is 14.3. The first kappa shape index (κ1) is 15.8. The first-order chi connectivity index (χ1) is 12.2. The lowest BCUT2D eigenvalue weighted by Gasteiger charge is -2.15. The van der Waals surface area contributed by atoms with E-state index >= 15 is 0 Å². The number of hydrogen-bond donors (Lipinski definition) is 3.